The summed E-state index contributed by atoms with van der Waals surface area (Å²) in [7, 11) is 0. The summed E-state index contributed by atoms with van der Waals surface area (Å²) in [5.41, 5.74) is 0. The molecule has 0 aliphatic carbocycles. The molecule has 0 saturated carbocycles. The Hall–Kier alpha value is -0.950. The van der Waals surface area contributed by atoms with Gasteiger partial charge in [0, 0.05) is 24.0 Å². The highest BCUT2D eigenvalue weighted by molar-refractivity contribution is 9.09. The van der Waals surface area contributed by atoms with Crippen molar-refractivity contribution < 1.29 is 9.72 Å². The molecule has 0 bridgehead atoms. The van der Waals surface area contributed by atoms with Crippen molar-refractivity contribution in [3.63, 3.8) is 0 Å². The fourth-order valence-electron chi connectivity index (χ4n) is 1.51. The lowest BCUT2D eigenvalue weighted by atomic mass is 10.2. The van der Waals surface area contributed by atoms with Crippen molar-refractivity contribution >= 4 is 38.2 Å². The quantitative estimate of drug-likeness (QED) is 0.455. The van der Waals surface area contributed by atoms with E-state index in [0.29, 0.717) is 11.4 Å². The molecule has 0 aliphatic rings. The molecule has 1 heterocycles. The first-order chi connectivity index (χ1) is 8.47. The van der Waals surface area contributed by atoms with E-state index in [9.17, 15) is 14.9 Å². The van der Waals surface area contributed by atoms with Crippen LogP contribution in [0.3, 0.4) is 0 Å². The first kappa shape index (κ1) is 15.1. The first-order valence-corrected chi connectivity index (χ1v) is 7.52. The van der Waals surface area contributed by atoms with Gasteiger partial charge in [0.05, 0.1) is 9.80 Å². The number of thiophene rings is 1. The van der Waals surface area contributed by atoms with Crippen molar-refractivity contribution in [3.05, 3.63) is 27.1 Å². The van der Waals surface area contributed by atoms with Crippen LogP contribution < -0.4 is 0 Å². The lowest BCUT2D eigenvalue weighted by Gasteiger charge is -2.25. The summed E-state index contributed by atoms with van der Waals surface area (Å²) in [5.74, 6) is -0.135. The molecule has 5 nitrogen and oxygen atoms in total. The Bertz CT molecular complexity index is 434. The van der Waals surface area contributed by atoms with E-state index in [-0.39, 0.29) is 17.0 Å². The Morgan fingerprint density at radius 2 is 2.22 bits per heavy atom. The van der Waals surface area contributed by atoms with Gasteiger partial charge in [0.2, 0.25) is 0 Å². The highest BCUT2D eigenvalue weighted by Crippen LogP contribution is 2.25. The Balaban J connectivity index is 2.84. The topological polar surface area (TPSA) is 63.5 Å². The van der Waals surface area contributed by atoms with Crippen molar-refractivity contribution in [1.29, 1.82) is 0 Å². The van der Waals surface area contributed by atoms with Gasteiger partial charge >= 0.3 is 5.00 Å². The second-order valence-corrected chi connectivity index (χ2v) is 5.89. The third-order valence-corrected chi connectivity index (χ3v) is 3.99. The highest BCUT2D eigenvalue weighted by atomic mass is 79.9. The molecule has 0 radical (unpaired) electrons. The zero-order valence-electron chi connectivity index (χ0n) is 10.3. The number of rotatable bonds is 6. The largest absolute Gasteiger partial charge is 0.335 e. The standard InChI is InChI=1S/C11H15BrN2O3S/c1-8(2)13(7-3-6-12)11(15)9-4-5-10(18-9)14(16)17/h4-5,8H,3,6-7H2,1-2H3. The van der Waals surface area contributed by atoms with Crippen LogP contribution in [0.15, 0.2) is 12.1 Å². The van der Waals surface area contributed by atoms with Gasteiger partial charge in [-0.15, -0.1) is 0 Å². The summed E-state index contributed by atoms with van der Waals surface area (Å²) in [6.07, 6.45) is 0.859. The van der Waals surface area contributed by atoms with E-state index in [4.69, 9.17) is 0 Å². The molecule has 100 valence electrons. The Morgan fingerprint density at radius 3 is 2.67 bits per heavy atom. The molecule has 0 spiro atoms. The van der Waals surface area contributed by atoms with Crippen molar-refractivity contribution in [2.75, 3.05) is 11.9 Å². The molecule has 1 aromatic rings. The van der Waals surface area contributed by atoms with E-state index >= 15 is 0 Å². The Morgan fingerprint density at radius 1 is 1.56 bits per heavy atom. The minimum Gasteiger partial charge on any atom is -0.335 e. The second-order valence-electron chi connectivity index (χ2n) is 4.03. The van der Waals surface area contributed by atoms with Gasteiger partial charge in [-0.2, -0.15) is 0 Å². The predicted molar refractivity (Wildman–Crippen MR) is 75.6 cm³/mol. The summed E-state index contributed by atoms with van der Waals surface area (Å²) < 4.78 is 0. The molecular weight excluding hydrogens is 320 g/mol. The number of hydrogen-bond donors (Lipinski definition) is 0. The fourth-order valence-corrected chi connectivity index (χ4v) is 2.53. The molecule has 18 heavy (non-hydrogen) atoms. The van der Waals surface area contributed by atoms with Gasteiger partial charge < -0.3 is 4.90 Å². The maximum Gasteiger partial charge on any atom is 0.324 e. The van der Waals surface area contributed by atoms with Crippen molar-refractivity contribution in [2.45, 2.75) is 26.3 Å². The number of halogens is 1. The van der Waals surface area contributed by atoms with Crippen LogP contribution in [0.2, 0.25) is 0 Å². The third kappa shape index (κ3) is 3.78. The van der Waals surface area contributed by atoms with Crippen molar-refractivity contribution in [1.82, 2.24) is 4.90 Å². The van der Waals surface area contributed by atoms with Gasteiger partial charge in [0.1, 0.15) is 0 Å². The van der Waals surface area contributed by atoms with Gasteiger partial charge in [0.15, 0.2) is 0 Å². The van der Waals surface area contributed by atoms with Crippen LogP contribution in [0.5, 0.6) is 0 Å². The van der Waals surface area contributed by atoms with Gasteiger partial charge in [-0.3, -0.25) is 14.9 Å². The zero-order valence-corrected chi connectivity index (χ0v) is 12.7. The van der Waals surface area contributed by atoms with E-state index < -0.39 is 4.92 Å². The average molecular weight is 335 g/mol. The molecule has 1 rings (SSSR count). The molecule has 0 N–H and O–H groups in total. The second kappa shape index (κ2) is 6.84. The molecule has 1 aromatic heterocycles. The van der Waals surface area contributed by atoms with Gasteiger partial charge in [-0.05, 0) is 26.3 Å². The van der Waals surface area contributed by atoms with Gasteiger partial charge in [0.25, 0.3) is 5.91 Å². The number of amides is 1. The molecule has 0 unspecified atom stereocenters. The molecule has 0 fully saturated rings. The fraction of sp³-hybridized carbons (Fsp3) is 0.545. The number of alkyl halides is 1. The number of nitrogens with zero attached hydrogens (tertiary/aromatic N) is 2. The molecule has 0 aliphatic heterocycles. The SMILES string of the molecule is CC(C)N(CCCBr)C(=O)c1ccc([N+](=O)[O-])s1. The van der Waals surface area contributed by atoms with E-state index in [0.717, 1.165) is 23.1 Å². The van der Waals surface area contributed by atoms with Crippen molar-refractivity contribution in [3.8, 4) is 0 Å². The zero-order chi connectivity index (χ0) is 13.7. The van der Waals surface area contributed by atoms with Crippen LogP contribution >= 0.6 is 27.3 Å². The van der Waals surface area contributed by atoms with Crippen LogP contribution in [0.1, 0.15) is 29.9 Å². The van der Waals surface area contributed by atoms with Crippen molar-refractivity contribution in [2.24, 2.45) is 0 Å². The predicted octanol–water partition coefficient (Wildman–Crippen LogP) is 3.29. The van der Waals surface area contributed by atoms with Crippen LogP contribution in [0.4, 0.5) is 5.00 Å². The summed E-state index contributed by atoms with van der Waals surface area (Å²) in [6, 6.07) is 2.98. The molecule has 0 saturated heterocycles. The van der Waals surface area contributed by atoms with E-state index in [1.807, 2.05) is 13.8 Å². The van der Waals surface area contributed by atoms with E-state index in [1.54, 1.807) is 4.90 Å². The maximum atomic E-state index is 12.2. The molecule has 7 heteroatoms. The molecular formula is C11H15BrN2O3S. The molecule has 0 atom stereocenters. The van der Waals surface area contributed by atoms with Crippen LogP contribution in [-0.2, 0) is 0 Å². The minimum absolute atomic E-state index is 0.00236. The maximum absolute atomic E-state index is 12.2. The highest BCUT2D eigenvalue weighted by Gasteiger charge is 2.22. The number of carbonyl (C=O) groups excluding carboxylic acids is 1. The van der Waals surface area contributed by atoms with Gasteiger partial charge in [-0.1, -0.05) is 27.3 Å². The van der Waals surface area contributed by atoms with Crippen LogP contribution in [-0.4, -0.2) is 33.6 Å². The average Bonchev–Trinajstić information content (AvgIpc) is 2.78. The molecule has 1 amide bonds. The summed E-state index contributed by atoms with van der Waals surface area (Å²) in [5, 5.41) is 11.4. The lowest BCUT2D eigenvalue weighted by Crippen LogP contribution is -2.37. The summed E-state index contributed by atoms with van der Waals surface area (Å²) >= 11 is 4.26. The molecule has 0 aromatic carbocycles. The normalized spacial score (nSPS) is 10.7. The van der Waals surface area contributed by atoms with Gasteiger partial charge in [-0.25, -0.2) is 0 Å². The smallest absolute Gasteiger partial charge is 0.324 e. The van der Waals surface area contributed by atoms with E-state index in [1.165, 1.54) is 12.1 Å². The lowest BCUT2D eigenvalue weighted by molar-refractivity contribution is -0.380. The number of hydrogen-bond acceptors (Lipinski definition) is 4. The summed E-state index contributed by atoms with van der Waals surface area (Å²) in [4.78, 5) is 24.5. The minimum atomic E-state index is -0.473. The monoisotopic (exact) mass is 334 g/mol. The Kier molecular flexibility index (Phi) is 5.74. The number of carbonyl (C=O) groups is 1. The first-order valence-electron chi connectivity index (χ1n) is 5.58. The Labute approximate surface area is 118 Å². The van der Waals surface area contributed by atoms with Crippen LogP contribution in [0.25, 0.3) is 0 Å². The third-order valence-electron chi connectivity index (χ3n) is 2.40. The van der Waals surface area contributed by atoms with Crippen LogP contribution in [0, 0.1) is 10.1 Å². The van der Waals surface area contributed by atoms with E-state index in [2.05, 4.69) is 15.9 Å². The summed E-state index contributed by atoms with van der Waals surface area (Å²) in [6.45, 7) is 4.52. The number of nitro groups is 1.